The zero-order valence-corrected chi connectivity index (χ0v) is 11.0. The molecule has 0 saturated carbocycles. The van der Waals surface area contributed by atoms with Gasteiger partial charge in [-0.05, 0) is 6.42 Å². The molecule has 1 unspecified atom stereocenters. The van der Waals surface area contributed by atoms with Crippen molar-refractivity contribution in [3.63, 3.8) is 0 Å². The van der Waals surface area contributed by atoms with Crippen molar-refractivity contribution in [2.45, 2.75) is 38.7 Å². The van der Waals surface area contributed by atoms with Crippen LogP contribution in [0.25, 0.3) is 0 Å². The largest absolute Gasteiger partial charge is 0.466 e. The Morgan fingerprint density at radius 2 is 1.94 bits per heavy atom. The highest BCUT2D eigenvalue weighted by atomic mass is 16.5. The molecular weight excluding hydrogens is 206 g/mol. The normalized spacial score (nSPS) is 13.6. The molecule has 0 amide bonds. The van der Waals surface area contributed by atoms with Crippen LogP contribution in [-0.4, -0.2) is 56.0 Å². The molecule has 0 heterocycles. The summed E-state index contributed by atoms with van der Waals surface area (Å²) in [5.74, 6) is -0.165. The van der Waals surface area contributed by atoms with E-state index in [1.54, 1.807) is 0 Å². The lowest BCUT2D eigenvalue weighted by Gasteiger charge is -2.25. The molecule has 16 heavy (non-hydrogen) atoms. The number of ether oxygens (including phenoxy) is 1. The summed E-state index contributed by atoms with van der Waals surface area (Å²) in [6.45, 7) is 3.19. The summed E-state index contributed by atoms with van der Waals surface area (Å²) in [5.41, 5.74) is 0. The lowest BCUT2D eigenvalue weighted by molar-refractivity contribution is -0.870. The summed E-state index contributed by atoms with van der Waals surface area (Å²) in [6, 6.07) is 0. The van der Waals surface area contributed by atoms with Gasteiger partial charge in [-0.15, -0.1) is 0 Å². The van der Waals surface area contributed by atoms with Crippen LogP contribution in [0.15, 0.2) is 0 Å². The zero-order valence-electron chi connectivity index (χ0n) is 11.0. The number of aliphatic hydroxyl groups is 1. The SMILES string of the molecule is CCCC(=O)OCCC(O)CC[N+](C)(C)C. The van der Waals surface area contributed by atoms with E-state index in [1.807, 2.05) is 6.92 Å². The van der Waals surface area contributed by atoms with Crippen LogP contribution in [-0.2, 0) is 9.53 Å². The van der Waals surface area contributed by atoms with Crippen molar-refractivity contribution in [2.24, 2.45) is 0 Å². The molecule has 0 spiro atoms. The van der Waals surface area contributed by atoms with E-state index < -0.39 is 0 Å². The predicted octanol–water partition coefficient (Wildman–Crippen LogP) is 1.18. The van der Waals surface area contributed by atoms with Crippen LogP contribution in [0, 0.1) is 0 Å². The highest BCUT2D eigenvalue weighted by Crippen LogP contribution is 2.03. The molecule has 0 radical (unpaired) electrons. The summed E-state index contributed by atoms with van der Waals surface area (Å²) in [6.07, 6.45) is 2.19. The van der Waals surface area contributed by atoms with Gasteiger partial charge in [-0.2, -0.15) is 0 Å². The van der Waals surface area contributed by atoms with E-state index in [2.05, 4.69) is 21.1 Å². The van der Waals surface area contributed by atoms with Gasteiger partial charge in [0, 0.05) is 19.3 Å². The number of nitrogens with zero attached hydrogens (tertiary/aromatic N) is 1. The van der Waals surface area contributed by atoms with Gasteiger partial charge >= 0.3 is 5.97 Å². The summed E-state index contributed by atoms with van der Waals surface area (Å²) < 4.78 is 5.82. The van der Waals surface area contributed by atoms with E-state index in [1.165, 1.54) is 0 Å². The first kappa shape index (κ1) is 15.4. The minimum Gasteiger partial charge on any atom is -0.466 e. The maximum absolute atomic E-state index is 11.0. The van der Waals surface area contributed by atoms with Crippen molar-refractivity contribution >= 4 is 5.97 Å². The smallest absolute Gasteiger partial charge is 0.305 e. The van der Waals surface area contributed by atoms with Crippen LogP contribution in [0.1, 0.15) is 32.6 Å². The zero-order chi connectivity index (χ0) is 12.6. The first-order valence-corrected chi connectivity index (χ1v) is 5.99. The van der Waals surface area contributed by atoms with E-state index >= 15 is 0 Å². The van der Waals surface area contributed by atoms with Crippen molar-refractivity contribution in [1.82, 2.24) is 0 Å². The highest BCUT2D eigenvalue weighted by molar-refractivity contribution is 5.69. The van der Waals surface area contributed by atoms with Crippen molar-refractivity contribution in [1.29, 1.82) is 0 Å². The Morgan fingerprint density at radius 1 is 1.31 bits per heavy atom. The monoisotopic (exact) mass is 232 g/mol. The lowest BCUT2D eigenvalue weighted by Crippen LogP contribution is -2.37. The molecule has 0 rings (SSSR count). The molecule has 0 bridgehead atoms. The van der Waals surface area contributed by atoms with E-state index in [0.29, 0.717) is 19.4 Å². The van der Waals surface area contributed by atoms with Gasteiger partial charge in [0.25, 0.3) is 0 Å². The van der Waals surface area contributed by atoms with Crippen molar-refractivity contribution in [3.8, 4) is 0 Å². The molecule has 1 atom stereocenters. The number of quaternary nitrogens is 1. The van der Waals surface area contributed by atoms with Gasteiger partial charge < -0.3 is 14.3 Å². The number of carbonyl (C=O) groups is 1. The minimum atomic E-state index is -0.369. The molecule has 4 heteroatoms. The fourth-order valence-corrected chi connectivity index (χ4v) is 1.27. The molecule has 0 aromatic heterocycles. The van der Waals surface area contributed by atoms with Gasteiger partial charge in [0.1, 0.15) is 0 Å². The van der Waals surface area contributed by atoms with E-state index in [-0.39, 0.29) is 12.1 Å². The Morgan fingerprint density at radius 3 is 2.44 bits per heavy atom. The Balaban J connectivity index is 3.51. The van der Waals surface area contributed by atoms with Gasteiger partial charge in [-0.25, -0.2) is 0 Å². The second kappa shape index (κ2) is 7.63. The van der Waals surface area contributed by atoms with E-state index in [4.69, 9.17) is 4.74 Å². The quantitative estimate of drug-likeness (QED) is 0.505. The average Bonchev–Trinajstić information content (AvgIpc) is 2.14. The van der Waals surface area contributed by atoms with Gasteiger partial charge in [0.2, 0.25) is 0 Å². The Hall–Kier alpha value is -0.610. The lowest BCUT2D eigenvalue weighted by atomic mass is 10.2. The molecule has 0 aromatic rings. The first-order chi connectivity index (χ1) is 7.35. The van der Waals surface area contributed by atoms with E-state index in [0.717, 1.165) is 23.9 Å². The molecule has 0 saturated heterocycles. The summed E-state index contributed by atoms with van der Waals surface area (Å²) in [7, 11) is 6.27. The van der Waals surface area contributed by atoms with Crippen molar-refractivity contribution in [2.75, 3.05) is 34.3 Å². The van der Waals surface area contributed by atoms with Crippen LogP contribution in [0.5, 0.6) is 0 Å². The minimum absolute atomic E-state index is 0.165. The standard InChI is InChI=1S/C12H26NO3/c1-5-6-12(15)16-10-8-11(14)7-9-13(2,3)4/h11,14H,5-10H2,1-4H3/q+1. The van der Waals surface area contributed by atoms with Gasteiger partial charge in [0.15, 0.2) is 0 Å². The number of carbonyl (C=O) groups excluding carboxylic acids is 1. The molecule has 4 nitrogen and oxygen atoms in total. The summed E-state index contributed by atoms with van der Waals surface area (Å²) in [4.78, 5) is 11.0. The first-order valence-electron chi connectivity index (χ1n) is 5.99. The van der Waals surface area contributed by atoms with E-state index in [9.17, 15) is 9.90 Å². The van der Waals surface area contributed by atoms with Gasteiger partial charge in [0.05, 0.1) is 40.4 Å². The number of aliphatic hydroxyl groups excluding tert-OH is 1. The second-order valence-electron chi connectivity index (χ2n) is 5.22. The fourth-order valence-electron chi connectivity index (χ4n) is 1.27. The molecule has 0 aliphatic carbocycles. The maximum Gasteiger partial charge on any atom is 0.305 e. The van der Waals surface area contributed by atoms with Crippen LogP contribution in [0.3, 0.4) is 0 Å². The van der Waals surface area contributed by atoms with Gasteiger partial charge in [-0.3, -0.25) is 4.79 Å². The molecule has 0 aliphatic rings. The number of esters is 1. The molecule has 96 valence electrons. The van der Waals surface area contributed by atoms with Crippen LogP contribution in [0.2, 0.25) is 0 Å². The third-order valence-corrected chi connectivity index (χ3v) is 2.30. The molecule has 0 aromatic carbocycles. The number of hydrogen-bond donors (Lipinski definition) is 1. The molecule has 0 aliphatic heterocycles. The van der Waals surface area contributed by atoms with Gasteiger partial charge in [-0.1, -0.05) is 6.92 Å². The third kappa shape index (κ3) is 9.93. The van der Waals surface area contributed by atoms with Crippen LogP contribution in [0.4, 0.5) is 0 Å². The maximum atomic E-state index is 11.0. The Bertz CT molecular complexity index is 199. The highest BCUT2D eigenvalue weighted by Gasteiger charge is 2.12. The van der Waals surface area contributed by atoms with Crippen LogP contribution >= 0.6 is 0 Å². The molecule has 1 N–H and O–H groups in total. The second-order valence-corrected chi connectivity index (χ2v) is 5.22. The average molecular weight is 232 g/mol. The molecular formula is C12H26NO3+. The third-order valence-electron chi connectivity index (χ3n) is 2.30. The Kier molecular flexibility index (Phi) is 7.34. The summed E-state index contributed by atoms with van der Waals surface area (Å²) in [5, 5.41) is 9.65. The van der Waals surface area contributed by atoms with Crippen molar-refractivity contribution < 1.29 is 19.1 Å². The molecule has 0 fully saturated rings. The van der Waals surface area contributed by atoms with Crippen LogP contribution < -0.4 is 0 Å². The Labute approximate surface area is 98.8 Å². The fraction of sp³-hybridized carbons (Fsp3) is 0.917. The number of rotatable bonds is 8. The topological polar surface area (TPSA) is 46.5 Å². The number of hydrogen-bond acceptors (Lipinski definition) is 3. The predicted molar refractivity (Wildman–Crippen MR) is 64.0 cm³/mol. The summed E-state index contributed by atoms with van der Waals surface area (Å²) >= 11 is 0. The van der Waals surface area contributed by atoms with Crippen molar-refractivity contribution in [3.05, 3.63) is 0 Å².